The molecule has 1 rings (SSSR count). The van der Waals surface area contributed by atoms with Crippen LogP contribution in [0.15, 0.2) is 18.2 Å². The summed E-state index contributed by atoms with van der Waals surface area (Å²) in [6, 6.07) is 2.55. The Bertz CT molecular complexity index is 677. The van der Waals surface area contributed by atoms with Crippen LogP contribution in [0.25, 0.3) is 0 Å². The lowest BCUT2D eigenvalue weighted by molar-refractivity contribution is -0.137. The Morgan fingerprint density at radius 2 is 2.05 bits per heavy atom. The molecule has 1 aromatic rings. The number of hydrogen-bond donors (Lipinski definition) is 2. The number of nitrogens with one attached hydrogen (secondary N) is 1. The van der Waals surface area contributed by atoms with Crippen LogP contribution >= 0.6 is 11.6 Å². The maximum absolute atomic E-state index is 13.5. The van der Waals surface area contributed by atoms with Crippen molar-refractivity contribution < 1.29 is 27.5 Å². The molecule has 1 unspecified atom stereocenters. The largest absolute Gasteiger partial charge is 0.481 e. The van der Waals surface area contributed by atoms with Crippen molar-refractivity contribution in [2.24, 2.45) is 0 Å². The summed E-state index contributed by atoms with van der Waals surface area (Å²) in [7, 11) is -3.54. The van der Waals surface area contributed by atoms with E-state index in [1.807, 2.05) is 0 Å². The number of rotatable bonds is 7. The van der Waals surface area contributed by atoms with Gasteiger partial charge in [-0.15, -0.1) is 0 Å². The maximum atomic E-state index is 13.5. The summed E-state index contributed by atoms with van der Waals surface area (Å²) in [6.07, 6.45) is -0.515. The summed E-state index contributed by atoms with van der Waals surface area (Å²) in [5.74, 6) is -3.79. The average Bonchev–Trinajstić information content (AvgIpc) is 2.40. The van der Waals surface area contributed by atoms with Crippen molar-refractivity contribution in [1.29, 1.82) is 0 Å². The molecule has 2 N–H and O–H groups in total. The van der Waals surface area contributed by atoms with E-state index in [0.29, 0.717) is 0 Å². The van der Waals surface area contributed by atoms with Crippen molar-refractivity contribution >= 4 is 33.3 Å². The van der Waals surface area contributed by atoms with Crippen LogP contribution in [0, 0.1) is 5.82 Å². The van der Waals surface area contributed by atoms with Gasteiger partial charge in [-0.3, -0.25) is 9.59 Å². The van der Waals surface area contributed by atoms with Crippen LogP contribution in [-0.2, 0) is 19.4 Å². The van der Waals surface area contributed by atoms with Gasteiger partial charge in [0.1, 0.15) is 11.6 Å². The smallest absolute Gasteiger partial charge is 0.305 e. The van der Waals surface area contributed by atoms with Crippen molar-refractivity contribution in [1.82, 2.24) is 5.32 Å². The van der Waals surface area contributed by atoms with Crippen LogP contribution in [0.5, 0.6) is 0 Å². The molecule has 0 spiro atoms. The standard InChI is InChI=1S/C13H15ClFNO5S/c1-2-22(20,21)7-12(17)16-11(6-13(18)19)8-3-4-9(14)10(15)5-8/h3-5,11H,2,6-7H2,1H3,(H,16,17)(H,18,19). The monoisotopic (exact) mass is 351 g/mol. The van der Waals surface area contributed by atoms with Crippen molar-refractivity contribution in [3.63, 3.8) is 0 Å². The first-order valence-corrected chi connectivity index (χ1v) is 8.51. The van der Waals surface area contributed by atoms with Crippen LogP contribution in [0.2, 0.25) is 5.02 Å². The lowest BCUT2D eigenvalue weighted by Gasteiger charge is -2.17. The van der Waals surface area contributed by atoms with Gasteiger partial charge in [0.05, 0.1) is 17.5 Å². The normalized spacial score (nSPS) is 12.7. The summed E-state index contributed by atoms with van der Waals surface area (Å²) < 4.78 is 36.2. The first-order valence-electron chi connectivity index (χ1n) is 6.31. The average molecular weight is 352 g/mol. The van der Waals surface area contributed by atoms with E-state index >= 15 is 0 Å². The highest BCUT2D eigenvalue weighted by atomic mass is 35.5. The third-order valence-corrected chi connectivity index (χ3v) is 4.74. The molecule has 6 nitrogen and oxygen atoms in total. The van der Waals surface area contributed by atoms with E-state index in [1.165, 1.54) is 19.1 Å². The molecule has 0 radical (unpaired) electrons. The minimum absolute atomic E-state index is 0.141. The molecule has 0 bridgehead atoms. The van der Waals surface area contributed by atoms with Crippen LogP contribution in [0.1, 0.15) is 24.9 Å². The van der Waals surface area contributed by atoms with Crippen LogP contribution in [0.4, 0.5) is 4.39 Å². The van der Waals surface area contributed by atoms with E-state index in [4.69, 9.17) is 16.7 Å². The van der Waals surface area contributed by atoms with Gasteiger partial charge < -0.3 is 10.4 Å². The molecule has 1 atom stereocenters. The first kappa shape index (κ1) is 18.4. The summed E-state index contributed by atoms with van der Waals surface area (Å²) in [5.41, 5.74) is 0.187. The van der Waals surface area contributed by atoms with Gasteiger partial charge in [-0.05, 0) is 17.7 Å². The Labute approximate surface area is 132 Å². The molecular formula is C13H15ClFNO5S. The number of carbonyl (C=O) groups is 2. The molecule has 0 fully saturated rings. The second-order valence-corrected chi connectivity index (χ2v) is 7.33. The van der Waals surface area contributed by atoms with Gasteiger partial charge in [0, 0.05) is 5.75 Å². The van der Waals surface area contributed by atoms with E-state index in [9.17, 15) is 22.4 Å². The molecule has 1 amide bonds. The second kappa shape index (κ2) is 7.55. The summed E-state index contributed by atoms with van der Waals surface area (Å²) in [4.78, 5) is 22.6. The van der Waals surface area contributed by atoms with Gasteiger partial charge in [-0.2, -0.15) is 0 Å². The van der Waals surface area contributed by atoms with Crippen molar-refractivity contribution in [3.8, 4) is 0 Å². The van der Waals surface area contributed by atoms with Crippen LogP contribution < -0.4 is 5.32 Å². The number of benzene rings is 1. The molecular weight excluding hydrogens is 337 g/mol. The number of sulfone groups is 1. The summed E-state index contributed by atoms with van der Waals surface area (Å²) in [5, 5.41) is 11.0. The van der Waals surface area contributed by atoms with E-state index in [-0.39, 0.29) is 16.3 Å². The van der Waals surface area contributed by atoms with Gasteiger partial charge in [0.2, 0.25) is 5.91 Å². The second-order valence-electron chi connectivity index (χ2n) is 4.57. The van der Waals surface area contributed by atoms with Crippen LogP contribution in [0.3, 0.4) is 0 Å². The zero-order valence-electron chi connectivity index (χ0n) is 11.7. The molecule has 22 heavy (non-hydrogen) atoms. The minimum atomic E-state index is -3.54. The number of amides is 1. The molecule has 0 saturated carbocycles. The molecule has 0 heterocycles. The number of halogens is 2. The van der Waals surface area contributed by atoms with Gasteiger partial charge in [0.15, 0.2) is 9.84 Å². The number of carbonyl (C=O) groups excluding carboxylic acids is 1. The zero-order valence-corrected chi connectivity index (χ0v) is 13.2. The summed E-state index contributed by atoms with van der Waals surface area (Å²) in [6.45, 7) is 1.39. The molecule has 122 valence electrons. The molecule has 0 saturated heterocycles. The highest BCUT2D eigenvalue weighted by molar-refractivity contribution is 7.92. The fourth-order valence-corrected chi connectivity index (χ4v) is 2.50. The molecule has 0 aliphatic carbocycles. The lowest BCUT2D eigenvalue weighted by atomic mass is 10.0. The third kappa shape index (κ3) is 5.61. The molecule has 1 aromatic carbocycles. The topological polar surface area (TPSA) is 101 Å². The molecule has 0 aliphatic rings. The maximum Gasteiger partial charge on any atom is 0.305 e. The van der Waals surface area contributed by atoms with Gasteiger partial charge in [-0.25, -0.2) is 12.8 Å². The van der Waals surface area contributed by atoms with Gasteiger partial charge in [0.25, 0.3) is 0 Å². The van der Waals surface area contributed by atoms with E-state index in [1.54, 1.807) is 0 Å². The van der Waals surface area contributed by atoms with Gasteiger partial charge in [-0.1, -0.05) is 24.6 Å². The van der Waals surface area contributed by atoms with Crippen molar-refractivity contribution in [2.45, 2.75) is 19.4 Å². The summed E-state index contributed by atoms with van der Waals surface area (Å²) >= 11 is 5.54. The van der Waals surface area contributed by atoms with Crippen LogP contribution in [-0.4, -0.2) is 36.9 Å². The minimum Gasteiger partial charge on any atom is -0.481 e. The molecule has 0 aliphatic heterocycles. The molecule has 0 aromatic heterocycles. The lowest BCUT2D eigenvalue weighted by Crippen LogP contribution is -2.35. The Morgan fingerprint density at radius 1 is 1.41 bits per heavy atom. The Balaban J connectivity index is 2.96. The fourth-order valence-electron chi connectivity index (χ4n) is 1.69. The van der Waals surface area contributed by atoms with E-state index in [0.717, 1.165) is 6.07 Å². The highest BCUT2D eigenvalue weighted by Crippen LogP contribution is 2.22. The quantitative estimate of drug-likeness (QED) is 0.776. The predicted octanol–water partition coefficient (Wildman–Crippen LogP) is 1.55. The number of carboxylic acids is 1. The fraction of sp³-hybridized carbons (Fsp3) is 0.385. The van der Waals surface area contributed by atoms with E-state index in [2.05, 4.69) is 5.32 Å². The first-order chi connectivity index (χ1) is 10.1. The Morgan fingerprint density at radius 3 is 2.55 bits per heavy atom. The number of carboxylic acid groups (broad SMARTS) is 1. The Hall–Kier alpha value is -1.67. The zero-order chi connectivity index (χ0) is 16.9. The van der Waals surface area contributed by atoms with E-state index < -0.39 is 45.7 Å². The number of aliphatic carboxylic acids is 1. The predicted molar refractivity (Wildman–Crippen MR) is 78.9 cm³/mol. The van der Waals surface area contributed by atoms with Gasteiger partial charge >= 0.3 is 5.97 Å². The number of hydrogen-bond acceptors (Lipinski definition) is 4. The SMILES string of the molecule is CCS(=O)(=O)CC(=O)NC(CC(=O)O)c1ccc(Cl)c(F)c1. The highest BCUT2D eigenvalue weighted by Gasteiger charge is 2.22. The third-order valence-electron chi connectivity index (χ3n) is 2.85. The molecule has 9 heteroatoms. The van der Waals surface area contributed by atoms with Crippen molar-refractivity contribution in [2.75, 3.05) is 11.5 Å². The van der Waals surface area contributed by atoms with Crippen molar-refractivity contribution in [3.05, 3.63) is 34.6 Å². The Kier molecular flexibility index (Phi) is 6.31.